The second-order valence-corrected chi connectivity index (χ2v) is 8.04. The monoisotopic (exact) mass is 367 g/mol. The molecule has 2 aromatic carbocycles. The Kier molecular flexibility index (Phi) is 4.82. The minimum absolute atomic E-state index is 0.304. The molecular formula is C22H25NO4. The molecule has 5 nitrogen and oxygen atoms in total. The molecular weight excluding hydrogens is 342 g/mol. The number of hydrogen-bond acceptors (Lipinski definition) is 4. The summed E-state index contributed by atoms with van der Waals surface area (Å²) in [7, 11) is 0. The van der Waals surface area contributed by atoms with Gasteiger partial charge in [0.1, 0.15) is 11.0 Å². The molecule has 0 saturated carbocycles. The van der Waals surface area contributed by atoms with E-state index in [2.05, 4.69) is 0 Å². The molecule has 1 N–H and O–H groups in total. The third kappa shape index (κ3) is 3.47. The maximum atomic E-state index is 13.4. The quantitative estimate of drug-likeness (QED) is 0.897. The van der Waals surface area contributed by atoms with Crippen molar-refractivity contribution in [2.45, 2.75) is 45.1 Å². The molecule has 0 saturated heterocycles. The van der Waals surface area contributed by atoms with Gasteiger partial charge in [0.05, 0.1) is 12.3 Å². The molecule has 142 valence electrons. The molecule has 1 aliphatic rings. The predicted octanol–water partition coefficient (Wildman–Crippen LogP) is 3.75. The van der Waals surface area contributed by atoms with Crippen LogP contribution in [0, 0.1) is 6.92 Å². The number of aliphatic hydroxyl groups is 1. The first-order valence-corrected chi connectivity index (χ1v) is 9.01. The van der Waals surface area contributed by atoms with Crippen LogP contribution in [0.2, 0.25) is 0 Å². The number of imide groups is 1. The van der Waals surface area contributed by atoms with Gasteiger partial charge in [0.25, 0.3) is 0 Å². The standard InChI is InChI=1S/C22H25NO4/c1-15-10-11-18-17(12-15)22(14-24,13-16-8-6-5-7-9-16)19(25)23(18)20(26)27-21(2,3)4/h5-12,24H,13-14H2,1-4H3/t22-/m1/s1. The first-order valence-electron chi connectivity index (χ1n) is 9.01. The number of benzene rings is 2. The minimum Gasteiger partial charge on any atom is -0.443 e. The number of aryl methyl sites for hydroxylation is 1. The molecule has 2 aromatic rings. The number of carbonyl (C=O) groups is 2. The minimum atomic E-state index is -1.21. The molecule has 0 spiro atoms. The van der Waals surface area contributed by atoms with E-state index >= 15 is 0 Å². The summed E-state index contributed by atoms with van der Waals surface area (Å²) < 4.78 is 5.45. The fourth-order valence-electron chi connectivity index (χ4n) is 3.48. The lowest BCUT2D eigenvalue weighted by Crippen LogP contribution is -2.48. The Labute approximate surface area is 159 Å². The van der Waals surface area contributed by atoms with Crippen molar-refractivity contribution in [2.24, 2.45) is 0 Å². The van der Waals surface area contributed by atoms with E-state index in [9.17, 15) is 14.7 Å². The molecule has 0 radical (unpaired) electrons. The largest absolute Gasteiger partial charge is 0.443 e. The molecule has 2 amide bonds. The van der Waals surface area contributed by atoms with Crippen LogP contribution in [0.15, 0.2) is 48.5 Å². The van der Waals surface area contributed by atoms with Gasteiger partial charge in [-0.1, -0.05) is 48.0 Å². The number of nitrogens with zero attached hydrogens (tertiary/aromatic N) is 1. The average Bonchev–Trinajstić information content (AvgIpc) is 2.83. The van der Waals surface area contributed by atoms with E-state index in [1.807, 2.05) is 49.4 Å². The lowest BCUT2D eigenvalue weighted by Gasteiger charge is -2.27. The lowest BCUT2D eigenvalue weighted by molar-refractivity contribution is -0.124. The van der Waals surface area contributed by atoms with E-state index in [0.29, 0.717) is 17.7 Å². The van der Waals surface area contributed by atoms with Crippen molar-refractivity contribution >= 4 is 17.7 Å². The lowest BCUT2D eigenvalue weighted by atomic mass is 9.76. The Balaban J connectivity index is 2.11. The van der Waals surface area contributed by atoms with Crippen molar-refractivity contribution in [3.05, 3.63) is 65.2 Å². The molecule has 0 unspecified atom stereocenters. The zero-order valence-corrected chi connectivity index (χ0v) is 16.2. The van der Waals surface area contributed by atoms with Gasteiger partial charge in [-0.3, -0.25) is 4.79 Å². The number of ether oxygens (including phenoxy) is 1. The van der Waals surface area contributed by atoms with Crippen LogP contribution in [0.25, 0.3) is 0 Å². The van der Waals surface area contributed by atoms with Crippen molar-refractivity contribution in [1.29, 1.82) is 0 Å². The molecule has 0 aromatic heterocycles. The van der Waals surface area contributed by atoms with Gasteiger partial charge < -0.3 is 9.84 Å². The van der Waals surface area contributed by atoms with Crippen LogP contribution >= 0.6 is 0 Å². The zero-order valence-electron chi connectivity index (χ0n) is 16.2. The Morgan fingerprint density at radius 2 is 1.81 bits per heavy atom. The van der Waals surface area contributed by atoms with Crippen molar-refractivity contribution in [3.63, 3.8) is 0 Å². The van der Waals surface area contributed by atoms with Gasteiger partial charge in [-0.25, -0.2) is 9.69 Å². The SMILES string of the molecule is Cc1ccc2c(c1)[C@](CO)(Cc1ccccc1)C(=O)N2C(=O)OC(C)(C)C. The third-order valence-electron chi connectivity index (χ3n) is 4.72. The maximum Gasteiger partial charge on any atom is 0.421 e. The van der Waals surface area contributed by atoms with Gasteiger partial charge in [-0.05, 0) is 51.3 Å². The van der Waals surface area contributed by atoms with E-state index in [-0.39, 0.29) is 0 Å². The van der Waals surface area contributed by atoms with Crippen LogP contribution in [0.4, 0.5) is 10.5 Å². The van der Waals surface area contributed by atoms with Crippen molar-refractivity contribution in [1.82, 2.24) is 0 Å². The molecule has 5 heteroatoms. The summed E-state index contributed by atoms with van der Waals surface area (Å²) in [6.45, 7) is 6.79. The second kappa shape index (κ2) is 6.82. The highest BCUT2D eigenvalue weighted by Crippen LogP contribution is 2.45. The fraction of sp³-hybridized carbons (Fsp3) is 0.364. The van der Waals surface area contributed by atoms with Crippen LogP contribution in [0.5, 0.6) is 0 Å². The summed E-state index contributed by atoms with van der Waals surface area (Å²) in [6, 6.07) is 15.0. The number of amides is 2. The highest BCUT2D eigenvalue weighted by Gasteiger charge is 2.53. The van der Waals surface area contributed by atoms with Gasteiger partial charge >= 0.3 is 6.09 Å². The predicted molar refractivity (Wildman–Crippen MR) is 104 cm³/mol. The Morgan fingerprint density at radius 3 is 2.41 bits per heavy atom. The Bertz CT molecular complexity index is 870. The van der Waals surface area contributed by atoms with Gasteiger partial charge in [0.15, 0.2) is 0 Å². The summed E-state index contributed by atoms with van der Waals surface area (Å²) in [5.74, 6) is -0.455. The topological polar surface area (TPSA) is 66.8 Å². The summed E-state index contributed by atoms with van der Waals surface area (Å²) in [4.78, 5) is 27.3. The highest BCUT2D eigenvalue weighted by atomic mass is 16.6. The smallest absolute Gasteiger partial charge is 0.421 e. The maximum absolute atomic E-state index is 13.4. The second-order valence-electron chi connectivity index (χ2n) is 8.04. The number of rotatable bonds is 3. The Morgan fingerprint density at radius 1 is 1.15 bits per heavy atom. The first kappa shape index (κ1) is 19.1. The summed E-state index contributed by atoms with van der Waals surface area (Å²) in [5.41, 5.74) is 1.07. The molecule has 0 bridgehead atoms. The van der Waals surface area contributed by atoms with Crippen LogP contribution in [-0.2, 0) is 21.4 Å². The van der Waals surface area contributed by atoms with Crippen LogP contribution < -0.4 is 4.90 Å². The van der Waals surface area contributed by atoms with Gasteiger partial charge in [-0.2, -0.15) is 0 Å². The van der Waals surface area contributed by atoms with Gasteiger partial charge in [-0.15, -0.1) is 0 Å². The van der Waals surface area contributed by atoms with Crippen LogP contribution in [0.3, 0.4) is 0 Å². The molecule has 3 rings (SSSR count). The van der Waals surface area contributed by atoms with E-state index in [1.54, 1.807) is 26.8 Å². The zero-order chi connectivity index (χ0) is 19.8. The van der Waals surface area contributed by atoms with Crippen molar-refractivity contribution in [3.8, 4) is 0 Å². The number of hydrogen-bond donors (Lipinski definition) is 1. The number of anilines is 1. The normalized spacial score (nSPS) is 19.1. The van der Waals surface area contributed by atoms with Crippen molar-refractivity contribution in [2.75, 3.05) is 11.5 Å². The Hall–Kier alpha value is -2.66. The average molecular weight is 367 g/mol. The third-order valence-corrected chi connectivity index (χ3v) is 4.72. The molecule has 0 aliphatic carbocycles. The molecule has 27 heavy (non-hydrogen) atoms. The van der Waals surface area contributed by atoms with E-state index in [1.165, 1.54) is 0 Å². The van der Waals surface area contributed by atoms with Gasteiger partial charge in [0.2, 0.25) is 5.91 Å². The van der Waals surface area contributed by atoms with E-state index < -0.39 is 29.6 Å². The number of fused-ring (bicyclic) bond motifs is 1. The number of aliphatic hydroxyl groups excluding tert-OH is 1. The highest BCUT2D eigenvalue weighted by molar-refractivity contribution is 6.21. The molecule has 1 aliphatic heterocycles. The summed E-state index contributed by atoms with van der Waals surface area (Å²) in [5, 5.41) is 10.3. The fourth-order valence-corrected chi connectivity index (χ4v) is 3.48. The summed E-state index contributed by atoms with van der Waals surface area (Å²) >= 11 is 0. The first-order chi connectivity index (χ1) is 12.7. The molecule has 0 fully saturated rings. The van der Waals surface area contributed by atoms with E-state index in [4.69, 9.17) is 4.74 Å². The molecule has 1 atom stereocenters. The molecule has 1 heterocycles. The van der Waals surface area contributed by atoms with Crippen molar-refractivity contribution < 1.29 is 19.4 Å². The van der Waals surface area contributed by atoms with Crippen LogP contribution in [0.1, 0.15) is 37.5 Å². The van der Waals surface area contributed by atoms with E-state index in [0.717, 1.165) is 16.0 Å². The number of carbonyl (C=O) groups excluding carboxylic acids is 2. The summed E-state index contributed by atoms with van der Waals surface area (Å²) in [6.07, 6.45) is -0.417. The van der Waals surface area contributed by atoms with Crippen LogP contribution in [-0.4, -0.2) is 29.3 Å². The van der Waals surface area contributed by atoms with Gasteiger partial charge in [0, 0.05) is 0 Å².